The van der Waals surface area contributed by atoms with Crippen LogP contribution < -0.4 is 25.8 Å². The first-order valence-electron chi connectivity index (χ1n) is 16.0. The van der Waals surface area contributed by atoms with Crippen LogP contribution in [0, 0.1) is 12.7 Å². The van der Waals surface area contributed by atoms with Gasteiger partial charge in [0.2, 0.25) is 0 Å². The Morgan fingerprint density at radius 2 is 1.98 bits per heavy atom. The van der Waals surface area contributed by atoms with Crippen LogP contribution >= 0.6 is 11.6 Å². The first-order chi connectivity index (χ1) is 23.3. The Morgan fingerprint density at radius 1 is 1.18 bits per heavy atom. The maximum Gasteiger partial charge on any atom is 0.418 e. The van der Waals surface area contributed by atoms with Gasteiger partial charge in [0.1, 0.15) is 36.2 Å². The Kier molecular flexibility index (Phi) is 8.56. The average Bonchev–Trinajstić information content (AvgIpc) is 3.33. The van der Waals surface area contributed by atoms with Crippen molar-refractivity contribution in [2.24, 2.45) is 0 Å². The number of ether oxygens (including phenoxy) is 3. The molecule has 0 bridgehead atoms. The van der Waals surface area contributed by atoms with E-state index in [9.17, 15) is 13.2 Å². The standard InChI is InChI=1S/C33H35ClF4N8O3/c1-15-11-21(39)42-27(24(15)33(36,37)38)22-25(34)29-23-28(26(22)35)43-32(49-14-19-7-6-18-13-48-16(2)12-46(18)19)44-31(23)45(9-10-47-29)17(3)20-5-4-8-41-30(20)40/h4-5,8,11,16-19H,6-7,9-10,12-14H2,1-3H3,(H2,39,42)(H2,40,41)/t16-,17-,18-,19-/m1/s1. The molecule has 3 aliphatic heterocycles. The summed E-state index contributed by atoms with van der Waals surface area (Å²) in [5, 5.41) is -0.345. The number of nitrogens with zero attached hydrogens (tertiary/aromatic N) is 6. The molecule has 4 aromatic rings. The Morgan fingerprint density at radius 3 is 2.73 bits per heavy atom. The number of fused-ring (bicyclic) bond motifs is 1. The Balaban J connectivity index is 1.41. The molecule has 1 aromatic carbocycles. The maximum atomic E-state index is 17.0. The van der Waals surface area contributed by atoms with Gasteiger partial charge in [-0.15, -0.1) is 0 Å². The van der Waals surface area contributed by atoms with Crippen LogP contribution in [0.1, 0.15) is 49.4 Å². The van der Waals surface area contributed by atoms with Gasteiger partial charge >= 0.3 is 12.2 Å². The molecule has 260 valence electrons. The fourth-order valence-electron chi connectivity index (χ4n) is 7.23. The minimum atomic E-state index is -4.91. The first-order valence-corrected chi connectivity index (χ1v) is 16.4. The molecule has 11 nitrogen and oxygen atoms in total. The number of rotatable bonds is 6. The van der Waals surface area contributed by atoms with Crippen molar-refractivity contribution in [1.82, 2.24) is 24.8 Å². The number of benzene rings is 1. The lowest BCUT2D eigenvalue weighted by molar-refractivity contribution is -0.137. The van der Waals surface area contributed by atoms with Crippen molar-refractivity contribution in [2.75, 3.05) is 49.3 Å². The van der Waals surface area contributed by atoms with Gasteiger partial charge in [0.15, 0.2) is 11.6 Å². The van der Waals surface area contributed by atoms with Crippen molar-refractivity contribution in [3.63, 3.8) is 0 Å². The SMILES string of the molecule is Cc1cc(N)nc(-c2c(Cl)c3c4c(nc(OC[C@H]5CC[C@@H]6CO[C@H](C)CN56)nc4c2F)N([C@H](C)c2cccnc2N)CCO3)c1C(F)(F)F. The van der Waals surface area contributed by atoms with Crippen molar-refractivity contribution >= 4 is 40.0 Å². The number of pyridine rings is 2. The van der Waals surface area contributed by atoms with E-state index in [1.807, 2.05) is 24.8 Å². The quantitative estimate of drug-likeness (QED) is 0.230. The highest BCUT2D eigenvalue weighted by atomic mass is 35.5. The van der Waals surface area contributed by atoms with Gasteiger partial charge in [-0.1, -0.05) is 17.7 Å². The number of nitrogens with two attached hydrogens (primary N) is 2. The summed E-state index contributed by atoms with van der Waals surface area (Å²) < 4.78 is 78.5. The van der Waals surface area contributed by atoms with Crippen LogP contribution in [-0.4, -0.2) is 75.9 Å². The molecule has 0 saturated carbocycles. The number of aromatic nitrogens is 4. The average molecular weight is 703 g/mol. The van der Waals surface area contributed by atoms with Gasteiger partial charge in [0.25, 0.3) is 0 Å². The predicted molar refractivity (Wildman–Crippen MR) is 176 cm³/mol. The second kappa shape index (κ2) is 12.6. The third kappa shape index (κ3) is 5.91. The van der Waals surface area contributed by atoms with Crippen LogP contribution in [0.3, 0.4) is 0 Å². The molecule has 0 aliphatic carbocycles. The minimum absolute atomic E-state index is 0.0190. The second-order valence-corrected chi connectivity index (χ2v) is 13.1. The van der Waals surface area contributed by atoms with Crippen LogP contribution in [-0.2, 0) is 10.9 Å². The Labute approximate surface area is 284 Å². The molecular weight excluding hydrogens is 668 g/mol. The lowest BCUT2D eigenvalue weighted by atomic mass is 9.98. The fraction of sp³-hybridized carbons (Fsp3) is 0.455. The number of halogens is 5. The van der Waals surface area contributed by atoms with E-state index in [2.05, 4.69) is 19.9 Å². The molecule has 3 aromatic heterocycles. The van der Waals surface area contributed by atoms with E-state index in [0.29, 0.717) is 18.0 Å². The van der Waals surface area contributed by atoms with E-state index in [-0.39, 0.29) is 77.8 Å². The molecule has 3 aliphatic rings. The normalized spacial score (nSPS) is 21.7. The molecule has 49 heavy (non-hydrogen) atoms. The van der Waals surface area contributed by atoms with Gasteiger partial charge < -0.3 is 30.6 Å². The highest BCUT2D eigenvalue weighted by Crippen LogP contribution is 2.51. The van der Waals surface area contributed by atoms with E-state index in [0.717, 1.165) is 25.5 Å². The van der Waals surface area contributed by atoms with Crippen molar-refractivity contribution < 1.29 is 31.8 Å². The predicted octanol–water partition coefficient (Wildman–Crippen LogP) is 5.96. The number of hydrogen-bond donors (Lipinski definition) is 2. The summed E-state index contributed by atoms with van der Waals surface area (Å²) in [6.45, 7) is 6.95. The lowest BCUT2D eigenvalue weighted by Gasteiger charge is -2.37. The molecule has 0 radical (unpaired) electrons. The summed E-state index contributed by atoms with van der Waals surface area (Å²) in [6, 6.07) is 4.34. The van der Waals surface area contributed by atoms with Gasteiger partial charge in [-0.25, -0.2) is 14.4 Å². The minimum Gasteiger partial charge on any atom is -0.489 e. The fourth-order valence-corrected chi connectivity index (χ4v) is 7.56. The summed E-state index contributed by atoms with van der Waals surface area (Å²) >= 11 is 6.80. The number of anilines is 3. The lowest BCUT2D eigenvalue weighted by Crippen LogP contribution is -2.49. The molecule has 16 heteroatoms. The highest BCUT2D eigenvalue weighted by molar-refractivity contribution is 6.36. The highest BCUT2D eigenvalue weighted by Gasteiger charge is 2.41. The molecule has 0 amide bonds. The number of morpholine rings is 1. The Hall–Kier alpha value is -4.21. The smallest absolute Gasteiger partial charge is 0.418 e. The van der Waals surface area contributed by atoms with Crippen LogP contribution in [0.25, 0.3) is 22.2 Å². The summed E-state index contributed by atoms with van der Waals surface area (Å²) in [7, 11) is 0. The number of alkyl halides is 3. The maximum absolute atomic E-state index is 17.0. The van der Waals surface area contributed by atoms with E-state index in [1.165, 1.54) is 6.92 Å². The zero-order valence-corrected chi connectivity index (χ0v) is 27.8. The molecule has 7 rings (SSSR count). The largest absolute Gasteiger partial charge is 0.489 e. The molecule has 4 atom stereocenters. The summed E-state index contributed by atoms with van der Waals surface area (Å²) in [5.74, 6) is -0.967. The number of aryl methyl sites for hydroxylation is 1. The van der Waals surface area contributed by atoms with Crippen LogP contribution in [0.15, 0.2) is 24.4 Å². The van der Waals surface area contributed by atoms with Crippen LogP contribution in [0.5, 0.6) is 11.8 Å². The van der Waals surface area contributed by atoms with Gasteiger partial charge in [-0.3, -0.25) is 4.90 Å². The molecule has 2 saturated heterocycles. The van der Waals surface area contributed by atoms with Crippen LogP contribution in [0.2, 0.25) is 5.02 Å². The third-order valence-electron chi connectivity index (χ3n) is 9.56. The number of nitrogen functional groups attached to an aromatic ring is 2. The van der Waals surface area contributed by atoms with E-state index in [4.69, 9.17) is 42.3 Å². The van der Waals surface area contributed by atoms with Gasteiger partial charge in [0.05, 0.1) is 52.5 Å². The van der Waals surface area contributed by atoms with Gasteiger partial charge in [0, 0.05) is 30.4 Å². The second-order valence-electron chi connectivity index (χ2n) is 12.7. The van der Waals surface area contributed by atoms with E-state index in [1.54, 1.807) is 12.3 Å². The summed E-state index contributed by atoms with van der Waals surface area (Å²) in [5.41, 5.74) is 9.65. The summed E-state index contributed by atoms with van der Waals surface area (Å²) in [4.78, 5) is 21.6. The van der Waals surface area contributed by atoms with Crippen molar-refractivity contribution in [1.29, 1.82) is 0 Å². The summed E-state index contributed by atoms with van der Waals surface area (Å²) in [6.07, 6.45) is -1.47. The van der Waals surface area contributed by atoms with Crippen molar-refractivity contribution in [2.45, 2.75) is 64.0 Å². The molecule has 0 unspecified atom stereocenters. The monoisotopic (exact) mass is 702 g/mol. The van der Waals surface area contributed by atoms with Crippen LogP contribution in [0.4, 0.5) is 35.0 Å². The van der Waals surface area contributed by atoms with Crippen molar-refractivity contribution in [3.05, 3.63) is 51.9 Å². The van der Waals surface area contributed by atoms with E-state index < -0.39 is 39.9 Å². The van der Waals surface area contributed by atoms with Gasteiger partial charge in [-0.05, 0) is 51.3 Å². The third-order valence-corrected chi connectivity index (χ3v) is 9.92. The van der Waals surface area contributed by atoms with E-state index >= 15 is 4.39 Å². The molecule has 0 spiro atoms. The molecule has 4 N–H and O–H groups in total. The molecule has 6 heterocycles. The van der Waals surface area contributed by atoms with Crippen molar-refractivity contribution in [3.8, 4) is 23.0 Å². The Bertz CT molecular complexity index is 1930. The first kappa shape index (κ1) is 33.3. The number of hydrogen-bond acceptors (Lipinski definition) is 11. The molecular formula is C33H35ClF4N8O3. The van der Waals surface area contributed by atoms with Gasteiger partial charge in [-0.2, -0.15) is 23.1 Å². The molecule has 2 fully saturated rings. The zero-order valence-electron chi connectivity index (χ0n) is 27.0. The topological polar surface area (TPSA) is 138 Å². The zero-order chi connectivity index (χ0) is 34.8.